The molecular formula is C15H14BrClN2S. The number of rotatable bonds is 4. The molecule has 0 aliphatic carbocycles. The summed E-state index contributed by atoms with van der Waals surface area (Å²) >= 11 is 11.6. The predicted molar refractivity (Wildman–Crippen MR) is 89.7 cm³/mol. The summed E-state index contributed by atoms with van der Waals surface area (Å²) in [7, 11) is 0. The Hall–Kier alpha value is -0.840. The quantitative estimate of drug-likeness (QED) is 0.563. The van der Waals surface area contributed by atoms with Crippen molar-refractivity contribution in [1.82, 2.24) is 9.55 Å². The molecule has 0 amide bonds. The largest absolute Gasteiger partial charge is 0.326 e. The molecule has 104 valence electrons. The van der Waals surface area contributed by atoms with Crippen LogP contribution in [0.1, 0.15) is 23.0 Å². The molecule has 2 nitrogen and oxygen atoms in total. The Morgan fingerprint density at radius 3 is 2.95 bits per heavy atom. The fourth-order valence-corrected chi connectivity index (χ4v) is 3.54. The minimum Gasteiger partial charge on any atom is -0.326 e. The van der Waals surface area contributed by atoms with Gasteiger partial charge in [-0.25, -0.2) is 4.98 Å². The van der Waals surface area contributed by atoms with E-state index in [1.165, 1.54) is 4.88 Å². The first kappa shape index (κ1) is 14.1. The summed E-state index contributed by atoms with van der Waals surface area (Å²) in [6.45, 7) is 2.87. The van der Waals surface area contributed by atoms with Gasteiger partial charge < -0.3 is 4.57 Å². The van der Waals surface area contributed by atoms with Crippen LogP contribution in [0.5, 0.6) is 0 Å². The lowest BCUT2D eigenvalue weighted by Crippen LogP contribution is -2.06. The second-order valence-corrected chi connectivity index (χ2v) is 7.30. The first-order valence-corrected chi connectivity index (χ1v) is 8.58. The van der Waals surface area contributed by atoms with Gasteiger partial charge in [-0.3, -0.25) is 0 Å². The van der Waals surface area contributed by atoms with Crippen LogP contribution in [0.3, 0.4) is 0 Å². The standard InChI is InChI=1S/C15H14BrClN2S/c1-10(17)15-18-13-5-4-11(16)9-14(13)19(15)7-6-12-3-2-8-20-12/h2-5,8-10H,6-7H2,1H3. The smallest absolute Gasteiger partial charge is 0.127 e. The highest BCUT2D eigenvalue weighted by Gasteiger charge is 2.15. The van der Waals surface area contributed by atoms with Gasteiger partial charge in [0.1, 0.15) is 5.82 Å². The van der Waals surface area contributed by atoms with E-state index in [0.29, 0.717) is 0 Å². The third-order valence-corrected chi connectivity index (χ3v) is 4.88. The van der Waals surface area contributed by atoms with Crippen molar-refractivity contribution in [2.75, 3.05) is 0 Å². The topological polar surface area (TPSA) is 17.8 Å². The summed E-state index contributed by atoms with van der Waals surface area (Å²) < 4.78 is 3.30. The molecule has 20 heavy (non-hydrogen) atoms. The van der Waals surface area contributed by atoms with Gasteiger partial charge in [-0.1, -0.05) is 22.0 Å². The second-order valence-electron chi connectivity index (χ2n) is 4.70. The molecule has 3 aromatic rings. The van der Waals surface area contributed by atoms with Crippen LogP contribution in [0.25, 0.3) is 11.0 Å². The number of alkyl halides is 1. The Kier molecular flexibility index (Phi) is 4.15. The number of hydrogen-bond acceptors (Lipinski definition) is 2. The lowest BCUT2D eigenvalue weighted by Gasteiger charge is -2.10. The Morgan fingerprint density at radius 1 is 1.40 bits per heavy atom. The van der Waals surface area contributed by atoms with Crippen LogP contribution in [0, 0.1) is 0 Å². The van der Waals surface area contributed by atoms with Gasteiger partial charge in [0.25, 0.3) is 0 Å². The SMILES string of the molecule is CC(Cl)c1nc2ccc(Br)cc2n1CCc1cccs1. The Labute approximate surface area is 135 Å². The molecule has 0 saturated carbocycles. The highest BCUT2D eigenvalue weighted by Crippen LogP contribution is 2.27. The molecule has 0 spiro atoms. The van der Waals surface area contributed by atoms with Gasteiger partial charge in [0.2, 0.25) is 0 Å². The van der Waals surface area contributed by atoms with Gasteiger partial charge in [0, 0.05) is 15.9 Å². The molecule has 0 aliphatic heterocycles. The maximum absolute atomic E-state index is 6.29. The number of fused-ring (bicyclic) bond motifs is 1. The van der Waals surface area contributed by atoms with Crippen molar-refractivity contribution in [3.8, 4) is 0 Å². The average molecular weight is 370 g/mol. The molecule has 0 radical (unpaired) electrons. The first-order valence-electron chi connectivity index (χ1n) is 6.47. The highest BCUT2D eigenvalue weighted by atomic mass is 79.9. The summed E-state index contributed by atoms with van der Waals surface area (Å²) in [6, 6.07) is 10.4. The van der Waals surface area contributed by atoms with Crippen LogP contribution in [-0.4, -0.2) is 9.55 Å². The molecule has 0 N–H and O–H groups in total. The van der Waals surface area contributed by atoms with Crippen molar-refractivity contribution in [1.29, 1.82) is 0 Å². The monoisotopic (exact) mass is 368 g/mol. The number of halogens is 2. The Balaban J connectivity index is 2.01. The number of aryl methyl sites for hydroxylation is 2. The zero-order valence-corrected chi connectivity index (χ0v) is 14.2. The van der Waals surface area contributed by atoms with Gasteiger partial charge in [-0.15, -0.1) is 22.9 Å². The van der Waals surface area contributed by atoms with E-state index in [0.717, 1.165) is 34.3 Å². The zero-order valence-electron chi connectivity index (χ0n) is 11.0. The molecule has 3 rings (SSSR count). The predicted octanol–water partition coefficient (Wildman–Crippen LogP) is 5.40. The number of thiophene rings is 1. The summed E-state index contributed by atoms with van der Waals surface area (Å²) in [6.07, 6.45) is 1.01. The van der Waals surface area contributed by atoms with Crippen LogP contribution in [0.2, 0.25) is 0 Å². The number of hydrogen-bond donors (Lipinski definition) is 0. The van der Waals surface area contributed by atoms with E-state index in [4.69, 9.17) is 11.6 Å². The van der Waals surface area contributed by atoms with E-state index in [-0.39, 0.29) is 5.38 Å². The molecule has 0 fully saturated rings. The Bertz CT molecular complexity index is 719. The van der Waals surface area contributed by atoms with Crippen LogP contribution in [0.15, 0.2) is 40.2 Å². The summed E-state index contributed by atoms with van der Waals surface area (Å²) in [5.41, 5.74) is 2.14. The van der Waals surface area contributed by atoms with Crippen molar-refractivity contribution < 1.29 is 0 Å². The molecule has 2 aromatic heterocycles. The zero-order chi connectivity index (χ0) is 14.1. The molecule has 0 aliphatic rings. The van der Waals surface area contributed by atoms with Crippen molar-refractivity contribution >= 4 is 49.9 Å². The van der Waals surface area contributed by atoms with Gasteiger partial charge in [0.05, 0.1) is 16.4 Å². The molecular weight excluding hydrogens is 356 g/mol. The van der Waals surface area contributed by atoms with Crippen LogP contribution >= 0.6 is 38.9 Å². The van der Waals surface area contributed by atoms with Crippen molar-refractivity contribution in [2.24, 2.45) is 0 Å². The van der Waals surface area contributed by atoms with Crippen molar-refractivity contribution in [3.63, 3.8) is 0 Å². The van der Waals surface area contributed by atoms with Crippen molar-refractivity contribution in [3.05, 3.63) is 50.9 Å². The first-order chi connectivity index (χ1) is 9.65. The van der Waals surface area contributed by atoms with Gasteiger partial charge >= 0.3 is 0 Å². The highest BCUT2D eigenvalue weighted by molar-refractivity contribution is 9.10. The summed E-state index contributed by atoms with van der Waals surface area (Å²) in [4.78, 5) is 6.05. The third-order valence-electron chi connectivity index (χ3n) is 3.26. The number of benzene rings is 1. The van der Waals surface area contributed by atoms with Crippen LogP contribution in [0.4, 0.5) is 0 Å². The van der Waals surface area contributed by atoms with Gasteiger partial charge in [0.15, 0.2) is 0 Å². The molecule has 1 unspecified atom stereocenters. The van der Waals surface area contributed by atoms with Crippen LogP contribution < -0.4 is 0 Å². The van der Waals surface area contributed by atoms with E-state index in [2.05, 4.69) is 49.1 Å². The van der Waals surface area contributed by atoms with E-state index in [9.17, 15) is 0 Å². The molecule has 0 saturated heterocycles. The van der Waals surface area contributed by atoms with E-state index in [1.54, 1.807) is 11.3 Å². The number of nitrogens with zero attached hydrogens (tertiary/aromatic N) is 2. The van der Waals surface area contributed by atoms with Crippen LogP contribution in [-0.2, 0) is 13.0 Å². The fourth-order valence-electron chi connectivity index (χ4n) is 2.33. The minimum atomic E-state index is -0.0930. The second kappa shape index (κ2) is 5.88. The van der Waals surface area contributed by atoms with Gasteiger partial charge in [-0.05, 0) is 43.0 Å². The normalized spacial score (nSPS) is 12.9. The minimum absolute atomic E-state index is 0.0930. The van der Waals surface area contributed by atoms with Gasteiger partial charge in [-0.2, -0.15) is 0 Å². The third kappa shape index (κ3) is 2.78. The lowest BCUT2D eigenvalue weighted by molar-refractivity contribution is 0.672. The fraction of sp³-hybridized carbons (Fsp3) is 0.267. The summed E-state index contributed by atoms with van der Waals surface area (Å²) in [5, 5.41) is 2.02. The number of aromatic nitrogens is 2. The maximum atomic E-state index is 6.29. The molecule has 0 bridgehead atoms. The number of imidazole rings is 1. The summed E-state index contributed by atoms with van der Waals surface area (Å²) in [5.74, 6) is 0.941. The van der Waals surface area contributed by atoms with E-state index in [1.807, 2.05) is 19.1 Å². The van der Waals surface area contributed by atoms with E-state index < -0.39 is 0 Å². The average Bonchev–Trinajstić information content (AvgIpc) is 3.03. The Morgan fingerprint density at radius 2 is 2.25 bits per heavy atom. The van der Waals surface area contributed by atoms with E-state index >= 15 is 0 Å². The molecule has 2 heterocycles. The maximum Gasteiger partial charge on any atom is 0.127 e. The molecule has 5 heteroatoms. The lowest BCUT2D eigenvalue weighted by atomic mass is 10.3. The molecule has 1 atom stereocenters. The molecule has 1 aromatic carbocycles. The van der Waals surface area contributed by atoms with Crippen molar-refractivity contribution in [2.45, 2.75) is 25.3 Å².